The van der Waals surface area contributed by atoms with Gasteiger partial charge in [0.2, 0.25) is 0 Å². The van der Waals surface area contributed by atoms with Gasteiger partial charge in [-0.25, -0.2) is 0 Å². The first kappa shape index (κ1) is 27.2. The Labute approximate surface area is 177 Å². The molecular weight excluding hydrogens is 327 g/mol. The molecule has 0 aliphatic rings. The van der Waals surface area contributed by atoms with Crippen molar-refractivity contribution >= 4 is 11.9 Å². The van der Waals surface area contributed by atoms with Gasteiger partial charge >= 0.3 is 41.5 Å². The predicted molar refractivity (Wildman–Crippen MR) is 99.4 cm³/mol. The molecule has 0 aliphatic heterocycles. The summed E-state index contributed by atoms with van der Waals surface area (Å²) in [6.45, 7) is 4.34. The zero-order chi connectivity index (χ0) is 18.3. The Kier molecular flexibility index (Phi) is 18.9. The van der Waals surface area contributed by atoms with Crippen molar-refractivity contribution in [2.75, 3.05) is 0 Å². The van der Waals surface area contributed by atoms with Gasteiger partial charge in [0.1, 0.15) is 0 Å². The Morgan fingerprint density at radius 1 is 0.720 bits per heavy atom. The number of carboxylic acids is 2. The third-order valence-corrected chi connectivity index (χ3v) is 4.96. The van der Waals surface area contributed by atoms with Crippen LogP contribution in [0.5, 0.6) is 0 Å². The predicted octanol–water partition coefficient (Wildman–Crippen LogP) is 3.15. The molecule has 0 aliphatic carbocycles. The first-order chi connectivity index (χ1) is 11.5. The van der Waals surface area contributed by atoms with Gasteiger partial charge in [0, 0.05) is 0 Å². The Morgan fingerprint density at radius 3 is 1.40 bits per heavy atom. The van der Waals surface area contributed by atoms with Crippen LogP contribution in [-0.4, -0.2) is 22.2 Å². The van der Waals surface area contributed by atoms with Gasteiger partial charge in [-0.15, -0.1) is 0 Å². The first-order valence-corrected chi connectivity index (χ1v) is 9.93. The molecule has 0 atom stereocenters. The molecule has 0 saturated carbocycles. The molecule has 0 aromatic carbocycles. The minimum absolute atomic E-state index is 0. The number of carboxylic acid groups (broad SMARTS) is 2. The number of carbonyl (C=O) groups is 2. The van der Waals surface area contributed by atoms with E-state index in [0.717, 1.165) is 38.5 Å². The quantitative estimate of drug-likeness (QED) is 0.306. The molecule has 0 aromatic heterocycles. The average Bonchev–Trinajstić information content (AvgIpc) is 2.53. The van der Waals surface area contributed by atoms with E-state index in [1.165, 1.54) is 38.5 Å². The minimum Gasteiger partial charge on any atom is -1.00 e. The van der Waals surface area contributed by atoms with Gasteiger partial charge in [-0.1, -0.05) is 90.9 Å². The fourth-order valence-electron chi connectivity index (χ4n) is 3.37. The van der Waals surface area contributed by atoms with Crippen molar-refractivity contribution in [2.24, 2.45) is 5.41 Å². The van der Waals surface area contributed by atoms with Gasteiger partial charge in [0.15, 0.2) is 0 Å². The number of hydrogen-bond acceptors (Lipinski definition) is 2. The van der Waals surface area contributed by atoms with Gasteiger partial charge in [-0.05, 0) is 12.8 Å². The third kappa shape index (κ3) is 13.8. The standard InChI is InChI=1S/C20H38O4.Na.H/c1-3-5-7-9-11-13-15-20(19(23)24,17-18(21)22)16-14-12-10-8-6-4-2;;/h3-17H2,1-2H3,(H,21,22)(H,23,24);;/q;+1;-1. The molecule has 0 radical (unpaired) electrons. The topological polar surface area (TPSA) is 74.6 Å². The van der Waals surface area contributed by atoms with Crippen LogP contribution < -0.4 is 29.6 Å². The molecular formula is C20H39NaO4. The van der Waals surface area contributed by atoms with Gasteiger partial charge < -0.3 is 11.6 Å². The summed E-state index contributed by atoms with van der Waals surface area (Å²) in [7, 11) is 0. The van der Waals surface area contributed by atoms with Crippen molar-refractivity contribution in [1.29, 1.82) is 0 Å². The van der Waals surface area contributed by atoms with Crippen molar-refractivity contribution in [3.8, 4) is 0 Å². The summed E-state index contributed by atoms with van der Waals surface area (Å²) in [5.41, 5.74) is -1.07. The summed E-state index contributed by atoms with van der Waals surface area (Å²) >= 11 is 0. The van der Waals surface area contributed by atoms with Crippen LogP contribution in [-0.2, 0) is 9.59 Å². The maximum atomic E-state index is 11.8. The Bertz CT molecular complexity index is 335. The number of aliphatic carboxylic acids is 2. The fourth-order valence-corrected chi connectivity index (χ4v) is 3.37. The Balaban J connectivity index is -0.00000264. The first-order valence-electron chi connectivity index (χ1n) is 9.93. The largest absolute Gasteiger partial charge is 1.00 e. The molecule has 0 bridgehead atoms. The smallest absolute Gasteiger partial charge is 1.00 e. The second-order valence-corrected chi connectivity index (χ2v) is 7.19. The van der Waals surface area contributed by atoms with Crippen molar-refractivity contribution in [3.05, 3.63) is 0 Å². The van der Waals surface area contributed by atoms with E-state index in [9.17, 15) is 19.8 Å². The van der Waals surface area contributed by atoms with Crippen LogP contribution in [0.25, 0.3) is 0 Å². The van der Waals surface area contributed by atoms with E-state index in [4.69, 9.17) is 0 Å². The molecule has 25 heavy (non-hydrogen) atoms. The molecule has 0 rings (SSSR count). The van der Waals surface area contributed by atoms with Crippen LogP contribution in [0, 0.1) is 5.41 Å². The molecule has 0 aromatic rings. The van der Waals surface area contributed by atoms with E-state index >= 15 is 0 Å². The van der Waals surface area contributed by atoms with Crippen LogP contribution in [0.4, 0.5) is 0 Å². The summed E-state index contributed by atoms with van der Waals surface area (Å²) in [5, 5.41) is 18.9. The summed E-state index contributed by atoms with van der Waals surface area (Å²) < 4.78 is 0. The van der Waals surface area contributed by atoms with Crippen molar-refractivity contribution < 1.29 is 50.8 Å². The molecule has 0 heterocycles. The summed E-state index contributed by atoms with van der Waals surface area (Å²) in [6.07, 6.45) is 13.8. The van der Waals surface area contributed by atoms with E-state index in [1.807, 2.05) is 0 Å². The van der Waals surface area contributed by atoms with Crippen molar-refractivity contribution in [2.45, 2.75) is 110 Å². The molecule has 5 heteroatoms. The van der Waals surface area contributed by atoms with Crippen LogP contribution in [0.3, 0.4) is 0 Å². The molecule has 0 amide bonds. The normalized spacial score (nSPS) is 11.1. The SMILES string of the molecule is CCCCCCCCC(CCCCCCCC)(CC(=O)O)C(=O)O.[H-].[Na+]. The minimum atomic E-state index is -1.07. The van der Waals surface area contributed by atoms with Crippen LogP contribution in [0.2, 0.25) is 0 Å². The van der Waals surface area contributed by atoms with Gasteiger partial charge in [-0.2, -0.15) is 0 Å². The van der Waals surface area contributed by atoms with Crippen LogP contribution in [0.1, 0.15) is 112 Å². The Hall–Kier alpha value is -0.0600. The molecule has 0 fully saturated rings. The second-order valence-electron chi connectivity index (χ2n) is 7.19. The van der Waals surface area contributed by atoms with Crippen molar-refractivity contribution in [1.82, 2.24) is 0 Å². The van der Waals surface area contributed by atoms with Gasteiger partial charge in [0.05, 0.1) is 11.8 Å². The van der Waals surface area contributed by atoms with Crippen LogP contribution >= 0.6 is 0 Å². The molecule has 4 nitrogen and oxygen atoms in total. The van der Waals surface area contributed by atoms with E-state index in [1.54, 1.807) is 0 Å². The summed E-state index contributed by atoms with van der Waals surface area (Å²) in [5.74, 6) is -1.92. The van der Waals surface area contributed by atoms with E-state index in [0.29, 0.717) is 12.8 Å². The number of unbranched alkanes of at least 4 members (excludes halogenated alkanes) is 10. The number of rotatable bonds is 17. The van der Waals surface area contributed by atoms with Crippen molar-refractivity contribution in [3.63, 3.8) is 0 Å². The van der Waals surface area contributed by atoms with E-state index in [-0.39, 0.29) is 37.4 Å². The zero-order valence-electron chi connectivity index (χ0n) is 17.8. The van der Waals surface area contributed by atoms with E-state index in [2.05, 4.69) is 13.8 Å². The molecule has 0 saturated heterocycles. The zero-order valence-corrected chi connectivity index (χ0v) is 18.8. The molecule has 2 N–H and O–H groups in total. The molecule has 0 unspecified atom stereocenters. The monoisotopic (exact) mass is 366 g/mol. The fraction of sp³-hybridized carbons (Fsp3) is 0.900. The second kappa shape index (κ2) is 17.4. The third-order valence-electron chi connectivity index (χ3n) is 4.96. The average molecular weight is 367 g/mol. The molecule has 144 valence electrons. The maximum absolute atomic E-state index is 11.8. The van der Waals surface area contributed by atoms with Gasteiger partial charge in [-0.3, -0.25) is 9.59 Å². The number of hydrogen-bond donors (Lipinski definition) is 2. The van der Waals surface area contributed by atoms with E-state index < -0.39 is 17.4 Å². The summed E-state index contributed by atoms with van der Waals surface area (Å²) in [6, 6.07) is 0. The maximum Gasteiger partial charge on any atom is 1.00 e. The Morgan fingerprint density at radius 2 is 1.08 bits per heavy atom. The van der Waals surface area contributed by atoms with Crippen LogP contribution in [0.15, 0.2) is 0 Å². The summed E-state index contributed by atoms with van der Waals surface area (Å²) in [4.78, 5) is 23.0. The molecule has 0 spiro atoms. The van der Waals surface area contributed by atoms with Gasteiger partial charge in [0.25, 0.3) is 0 Å².